The highest BCUT2D eigenvalue weighted by atomic mass is 15.1. The highest BCUT2D eigenvalue weighted by Gasteiger charge is 2.19. The molecule has 1 aromatic heterocycles. The zero-order valence-electron chi connectivity index (χ0n) is 10.4. The Morgan fingerprint density at radius 1 is 1.41 bits per heavy atom. The van der Waals surface area contributed by atoms with Crippen molar-refractivity contribution >= 4 is 5.95 Å². The standard InChI is InChI=1S/C13H18N4/c1-9-4-3-5-11(6-9)16-13-15-10(2)7-12(8-14)17-13/h7,9,11H,3-6H2,1-2H3,(H,15,16,17). The molecule has 0 aliphatic heterocycles. The lowest BCUT2D eigenvalue weighted by molar-refractivity contribution is 0.357. The topological polar surface area (TPSA) is 61.6 Å². The molecule has 1 N–H and O–H groups in total. The number of nitrogens with zero attached hydrogens (tertiary/aromatic N) is 3. The van der Waals surface area contributed by atoms with E-state index in [2.05, 4.69) is 28.3 Å². The SMILES string of the molecule is Cc1cc(C#N)nc(NC2CCCC(C)C2)n1. The summed E-state index contributed by atoms with van der Waals surface area (Å²) in [5, 5.41) is 12.2. The molecule has 2 rings (SSSR count). The van der Waals surface area contributed by atoms with Gasteiger partial charge in [0.1, 0.15) is 11.8 Å². The van der Waals surface area contributed by atoms with Crippen LogP contribution in [-0.4, -0.2) is 16.0 Å². The normalized spacial score (nSPS) is 24.1. The van der Waals surface area contributed by atoms with Gasteiger partial charge in [0.05, 0.1) is 0 Å². The molecule has 0 spiro atoms. The summed E-state index contributed by atoms with van der Waals surface area (Å²) in [6.45, 7) is 4.17. The van der Waals surface area contributed by atoms with Crippen LogP contribution in [0.4, 0.5) is 5.95 Å². The van der Waals surface area contributed by atoms with Gasteiger partial charge in [0, 0.05) is 11.7 Å². The van der Waals surface area contributed by atoms with E-state index >= 15 is 0 Å². The van der Waals surface area contributed by atoms with Crippen molar-refractivity contribution in [2.24, 2.45) is 5.92 Å². The van der Waals surface area contributed by atoms with Gasteiger partial charge in [-0.3, -0.25) is 0 Å². The maximum Gasteiger partial charge on any atom is 0.224 e. The van der Waals surface area contributed by atoms with Crippen LogP contribution in [-0.2, 0) is 0 Å². The van der Waals surface area contributed by atoms with E-state index in [9.17, 15) is 0 Å². The van der Waals surface area contributed by atoms with Crippen LogP contribution in [0.3, 0.4) is 0 Å². The Morgan fingerprint density at radius 2 is 2.24 bits per heavy atom. The van der Waals surface area contributed by atoms with Gasteiger partial charge in [-0.15, -0.1) is 0 Å². The maximum atomic E-state index is 8.87. The number of hydrogen-bond donors (Lipinski definition) is 1. The van der Waals surface area contributed by atoms with Crippen molar-refractivity contribution in [2.45, 2.75) is 45.6 Å². The van der Waals surface area contributed by atoms with Gasteiger partial charge in [-0.25, -0.2) is 9.97 Å². The molecule has 2 unspecified atom stereocenters. The van der Waals surface area contributed by atoms with Crippen LogP contribution in [0.2, 0.25) is 0 Å². The first-order valence-electron chi connectivity index (χ1n) is 6.19. The number of aryl methyl sites for hydroxylation is 1. The Balaban J connectivity index is 2.07. The summed E-state index contributed by atoms with van der Waals surface area (Å²) in [5.41, 5.74) is 1.27. The highest BCUT2D eigenvalue weighted by Crippen LogP contribution is 2.25. The fourth-order valence-corrected chi connectivity index (χ4v) is 2.44. The second-order valence-electron chi connectivity index (χ2n) is 4.94. The van der Waals surface area contributed by atoms with E-state index in [1.54, 1.807) is 6.07 Å². The molecule has 1 aliphatic carbocycles. The molecule has 2 atom stereocenters. The first kappa shape index (κ1) is 11.8. The summed E-state index contributed by atoms with van der Waals surface area (Å²) in [4.78, 5) is 8.52. The van der Waals surface area contributed by atoms with E-state index in [0.29, 0.717) is 17.7 Å². The molecule has 0 bridgehead atoms. The summed E-state index contributed by atoms with van der Waals surface area (Å²) in [7, 11) is 0. The average molecular weight is 230 g/mol. The van der Waals surface area contributed by atoms with Crippen molar-refractivity contribution < 1.29 is 0 Å². The largest absolute Gasteiger partial charge is 0.351 e. The van der Waals surface area contributed by atoms with Crippen molar-refractivity contribution in [1.82, 2.24) is 9.97 Å². The Kier molecular flexibility index (Phi) is 3.58. The van der Waals surface area contributed by atoms with E-state index in [4.69, 9.17) is 5.26 Å². The van der Waals surface area contributed by atoms with Gasteiger partial charge >= 0.3 is 0 Å². The Labute approximate surface area is 102 Å². The molecule has 17 heavy (non-hydrogen) atoms. The minimum atomic E-state index is 0.434. The van der Waals surface area contributed by atoms with Gasteiger partial charge in [0.2, 0.25) is 5.95 Å². The van der Waals surface area contributed by atoms with Crippen LogP contribution in [0.15, 0.2) is 6.07 Å². The molecule has 1 heterocycles. The van der Waals surface area contributed by atoms with Crippen LogP contribution in [0.5, 0.6) is 0 Å². The minimum absolute atomic E-state index is 0.434. The van der Waals surface area contributed by atoms with E-state index in [1.165, 1.54) is 25.7 Å². The summed E-state index contributed by atoms with van der Waals surface area (Å²) in [6, 6.07) is 4.22. The lowest BCUT2D eigenvalue weighted by atomic mass is 9.87. The zero-order chi connectivity index (χ0) is 12.3. The van der Waals surface area contributed by atoms with E-state index in [0.717, 1.165) is 11.6 Å². The summed E-state index contributed by atoms with van der Waals surface area (Å²) in [5.74, 6) is 1.36. The molecule has 0 aromatic carbocycles. The third-order valence-electron chi connectivity index (χ3n) is 3.24. The Hall–Kier alpha value is -1.63. The first-order valence-corrected chi connectivity index (χ1v) is 6.19. The van der Waals surface area contributed by atoms with Crippen LogP contribution < -0.4 is 5.32 Å². The van der Waals surface area contributed by atoms with E-state index < -0.39 is 0 Å². The predicted molar refractivity (Wildman–Crippen MR) is 66.5 cm³/mol. The lowest BCUT2D eigenvalue weighted by Gasteiger charge is -2.27. The number of nitriles is 1. The molecule has 4 nitrogen and oxygen atoms in total. The van der Waals surface area contributed by atoms with Crippen molar-refractivity contribution in [2.75, 3.05) is 5.32 Å². The summed E-state index contributed by atoms with van der Waals surface area (Å²) >= 11 is 0. The quantitative estimate of drug-likeness (QED) is 0.848. The Morgan fingerprint density at radius 3 is 2.94 bits per heavy atom. The van der Waals surface area contributed by atoms with E-state index in [-0.39, 0.29) is 0 Å². The average Bonchev–Trinajstić information content (AvgIpc) is 2.28. The second kappa shape index (κ2) is 5.13. The smallest absolute Gasteiger partial charge is 0.224 e. The number of hydrogen-bond acceptors (Lipinski definition) is 4. The number of aromatic nitrogens is 2. The summed E-state index contributed by atoms with van der Waals surface area (Å²) in [6.07, 6.45) is 4.91. The van der Waals surface area contributed by atoms with Gasteiger partial charge in [0.15, 0.2) is 0 Å². The van der Waals surface area contributed by atoms with Gasteiger partial charge in [0.25, 0.3) is 0 Å². The molecule has 0 radical (unpaired) electrons. The fourth-order valence-electron chi connectivity index (χ4n) is 2.44. The molecule has 1 aliphatic rings. The maximum absolute atomic E-state index is 8.87. The molecular weight excluding hydrogens is 212 g/mol. The van der Waals surface area contributed by atoms with Gasteiger partial charge in [-0.2, -0.15) is 5.26 Å². The number of nitrogens with one attached hydrogen (secondary N) is 1. The number of rotatable bonds is 2. The molecule has 1 aromatic rings. The van der Waals surface area contributed by atoms with Crippen LogP contribution in [0.1, 0.15) is 44.0 Å². The molecule has 90 valence electrons. The van der Waals surface area contributed by atoms with Crippen molar-refractivity contribution in [3.8, 4) is 6.07 Å². The van der Waals surface area contributed by atoms with Gasteiger partial charge < -0.3 is 5.32 Å². The van der Waals surface area contributed by atoms with Crippen LogP contribution in [0.25, 0.3) is 0 Å². The molecule has 0 amide bonds. The van der Waals surface area contributed by atoms with Crippen molar-refractivity contribution in [3.63, 3.8) is 0 Å². The first-order chi connectivity index (χ1) is 8.17. The molecule has 4 heteroatoms. The monoisotopic (exact) mass is 230 g/mol. The summed E-state index contributed by atoms with van der Waals surface area (Å²) < 4.78 is 0. The zero-order valence-corrected chi connectivity index (χ0v) is 10.4. The third kappa shape index (κ3) is 3.16. The van der Waals surface area contributed by atoms with Crippen molar-refractivity contribution in [1.29, 1.82) is 5.26 Å². The molecular formula is C13H18N4. The van der Waals surface area contributed by atoms with E-state index in [1.807, 2.05) is 6.92 Å². The van der Waals surface area contributed by atoms with Crippen LogP contribution >= 0.6 is 0 Å². The van der Waals surface area contributed by atoms with Crippen LogP contribution in [0, 0.1) is 24.2 Å². The van der Waals surface area contributed by atoms with Gasteiger partial charge in [-0.1, -0.05) is 19.8 Å². The molecule has 0 saturated heterocycles. The minimum Gasteiger partial charge on any atom is -0.351 e. The third-order valence-corrected chi connectivity index (χ3v) is 3.24. The highest BCUT2D eigenvalue weighted by molar-refractivity contribution is 5.33. The number of anilines is 1. The Bertz CT molecular complexity index is 436. The second-order valence-corrected chi connectivity index (χ2v) is 4.94. The van der Waals surface area contributed by atoms with Gasteiger partial charge in [-0.05, 0) is 31.7 Å². The van der Waals surface area contributed by atoms with Crippen molar-refractivity contribution in [3.05, 3.63) is 17.5 Å². The molecule has 1 saturated carbocycles. The predicted octanol–water partition coefficient (Wildman–Crippen LogP) is 2.65. The lowest BCUT2D eigenvalue weighted by Crippen LogP contribution is -2.27. The fraction of sp³-hybridized carbons (Fsp3) is 0.615. The molecule has 1 fully saturated rings.